The fraction of sp³-hybridized carbons (Fsp3) is 0.194. The Morgan fingerprint density at radius 1 is 0.895 bits per heavy atom. The van der Waals surface area contributed by atoms with Gasteiger partial charge in [0.05, 0.1) is 25.3 Å². The summed E-state index contributed by atoms with van der Waals surface area (Å²) in [4.78, 5) is 4.42. The maximum atomic E-state index is 9.50. The van der Waals surface area contributed by atoms with Gasteiger partial charge in [-0.25, -0.2) is 4.98 Å². The van der Waals surface area contributed by atoms with Crippen LogP contribution in [0.5, 0.6) is 11.6 Å². The standard InChI is InChI=1S/C31H29ClN2O4/c1-20-24(5-4-8-30(20)38-19-28-27(32)15-23(18-36)31(33-28)37-2)25-6-3-7-29-26(25)13-14-34(29)16-21-9-11-22(17-35)12-10-21/h3-15,35-36H,16-19H2,1-2H3. The first-order chi connectivity index (χ1) is 18.5. The molecule has 5 rings (SSSR count). The number of hydrogen-bond donors (Lipinski definition) is 2. The molecule has 5 aromatic rings. The maximum absolute atomic E-state index is 9.50. The smallest absolute Gasteiger partial charge is 0.219 e. The van der Waals surface area contributed by atoms with Gasteiger partial charge in [-0.05, 0) is 59.0 Å². The van der Waals surface area contributed by atoms with Gasteiger partial charge in [0.2, 0.25) is 5.88 Å². The van der Waals surface area contributed by atoms with E-state index in [1.807, 2.05) is 31.2 Å². The zero-order valence-electron chi connectivity index (χ0n) is 21.3. The van der Waals surface area contributed by atoms with Crippen LogP contribution in [0, 0.1) is 6.92 Å². The van der Waals surface area contributed by atoms with Gasteiger partial charge in [-0.2, -0.15) is 0 Å². The predicted molar refractivity (Wildman–Crippen MR) is 150 cm³/mol. The number of methoxy groups -OCH3 is 1. The molecule has 0 radical (unpaired) electrons. The van der Waals surface area contributed by atoms with Crippen LogP contribution < -0.4 is 9.47 Å². The van der Waals surface area contributed by atoms with Crippen molar-refractivity contribution >= 4 is 22.5 Å². The zero-order chi connectivity index (χ0) is 26.6. The highest BCUT2D eigenvalue weighted by Gasteiger charge is 2.15. The third-order valence-corrected chi connectivity index (χ3v) is 7.09. The summed E-state index contributed by atoms with van der Waals surface area (Å²) in [6.45, 7) is 2.80. The second kappa shape index (κ2) is 11.3. The molecule has 0 saturated carbocycles. The highest BCUT2D eigenvalue weighted by molar-refractivity contribution is 6.31. The molecule has 2 aromatic heterocycles. The lowest BCUT2D eigenvalue weighted by molar-refractivity contribution is 0.268. The minimum Gasteiger partial charge on any atom is -0.487 e. The van der Waals surface area contributed by atoms with Crippen molar-refractivity contribution in [2.45, 2.75) is 33.3 Å². The van der Waals surface area contributed by atoms with E-state index < -0.39 is 0 Å². The van der Waals surface area contributed by atoms with Gasteiger partial charge >= 0.3 is 0 Å². The molecule has 2 N–H and O–H groups in total. The number of pyridine rings is 1. The van der Waals surface area contributed by atoms with E-state index in [0.29, 0.717) is 22.2 Å². The fourth-order valence-electron chi connectivity index (χ4n) is 4.69. The second-order valence-electron chi connectivity index (χ2n) is 9.12. The van der Waals surface area contributed by atoms with E-state index in [0.717, 1.165) is 45.5 Å². The molecule has 6 nitrogen and oxygen atoms in total. The zero-order valence-corrected chi connectivity index (χ0v) is 22.1. The van der Waals surface area contributed by atoms with Gasteiger partial charge in [0.1, 0.15) is 18.1 Å². The van der Waals surface area contributed by atoms with Crippen LogP contribution in [-0.2, 0) is 26.4 Å². The number of aliphatic hydroxyl groups excluding tert-OH is 2. The monoisotopic (exact) mass is 528 g/mol. The lowest BCUT2D eigenvalue weighted by Crippen LogP contribution is -2.04. The van der Waals surface area contributed by atoms with Crippen molar-refractivity contribution in [3.8, 4) is 22.8 Å². The van der Waals surface area contributed by atoms with Crippen molar-refractivity contribution in [2.75, 3.05) is 7.11 Å². The van der Waals surface area contributed by atoms with Gasteiger partial charge < -0.3 is 24.3 Å². The Balaban J connectivity index is 1.42. The van der Waals surface area contributed by atoms with Crippen molar-refractivity contribution in [3.05, 3.63) is 112 Å². The number of nitrogens with zero attached hydrogens (tertiary/aromatic N) is 2. The van der Waals surface area contributed by atoms with Crippen molar-refractivity contribution < 1.29 is 19.7 Å². The largest absolute Gasteiger partial charge is 0.487 e. The van der Waals surface area contributed by atoms with Gasteiger partial charge in [-0.15, -0.1) is 0 Å². The lowest BCUT2D eigenvalue weighted by atomic mass is 9.97. The molecule has 0 aliphatic heterocycles. The molecule has 0 saturated heterocycles. The summed E-state index contributed by atoms with van der Waals surface area (Å²) in [5.41, 5.74) is 7.53. The summed E-state index contributed by atoms with van der Waals surface area (Å²) in [7, 11) is 1.51. The summed E-state index contributed by atoms with van der Waals surface area (Å²) >= 11 is 6.39. The van der Waals surface area contributed by atoms with Crippen LogP contribution in [0.1, 0.15) is 27.9 Å². The molecular weight excluding hydrogens is 500 g/mol. The topological polar surface area (TPSA) is 76.7 Å². The normalized spacial score (nSPS) is 11.2. The third-order valence-electron chi connectivity index (χ3n) is 6.76. The quantitative estimate of drug-likeness (QED) is 0.235. The summed E-state index contributed by atoms with van der Waals surface area (Å²) in [5.74, 6) is 1.08. The predicted octanol–water partition coefficient (Wildman–Crippen LogP) is 6.29. The first kappa shape index (κ1) is 25.8. The van der Waals surface area contributed by atoms with E-state index in [-0.39, 0.29) is 19.8 Å². The molecule has 7 heteroatoms. The lowest BCUT2D eigenvalue weighted by Gasteiger charge is -2.15. The van der Waals surface area contributed by atoms with E-state index in [2.05, 4.69) is 58.2 Å². The van der Waals surface area contributed by atoms with Gasteiger partial charge in [0, 0.05) is 29.2 Å². The summed E-state index contributed by atoms with van der Waals surface area (Å²) in [5, 5.41) is 20.4. The molecule has 0 aliphatic carbocycles. The molecule has 0 atom stereocenters. The Morgan fingerprint density at radius 3 is 2.37 bits per heavy atom. The maximum Gasteiger partial charge on any atom is 0.219 e. The van der Waals surface area contributed by atoms with E-state index >= 15 is 0 Å². The first-order valence-electron chi connectivity index (χ1n) is 12.3. The number of hydrogen-bond acceptors (Lipinski definition) is 5. The molecule has 38 heavy (non-hydrogen) atoms. The van der Waals surface area contributed by atoms with E-state index in [1.54, 1.807) is 6.07 Å². The van der Waals surface area contributed by atoms with Crippen LogP contribution in [-0.4, -0.2) is 26.9 Å². The Labute approximate surface area is 226 Å². The number of ether oxygens (including phenoxy) is 2. The molecule has 0 fully saturated rings. The Hall–Kier alpha value is -3.84. The third kappa shape index (κ3) is 5.11. The van der Waals surface area contributed by atoms with Crippen LogP contribution in [0.2, 0.25) is 5.02 Å². The fourth-order valence-corrected chi connectivity index (χ4v) is 4.92. The molecule has 0 bridgehead atoms. The minimum absolute atomic E-state index is 0.0476. The Bertz CT molecular complexity index is 1580. The molecule has 0 amide bonds. The van der Waals surface area contributed by atoms with Crippen LogP contribution in [0.3, 0.4) is 0 Å². The van der Waals surface area contributed by atoms with E-state index in [9.17, 15) is 10.2 Å². The molecule has 2 heterocycles. The average molecular weight is 529 g/mol. The van der Waals surface area contributed by atoms with Crippen LogP contribution in [0.4, 0.5) is 0 Å². The Kier molecular flexibility index (Phi) is 7.65. The van der Waals surface area contributed by atoms with Crippen LogP contribution in [0.15, 0.2) is 79.0 Å². The summed E-state index contributed by atoms with van der Waals surface area (Å²) in [6, 6.07) is 24.2. The van der Waals surface area contributed by atoms with Gasteiger partial charge in [-0.1, -0.05) is 60.1 Å². The SMILES string of the molecule is COc1nc(COc2cccc(-c3cccc4c3ccn4Cc3ccc(CO)cc3)c2C)c(Cl)cc1CO. The van der Waals surface area contributed by atoms with Gasteiger partial charge in [0.15, 0.2) is 0 Å². The number of rotatable bonds is 9. The molecule has 194 valence electrons. The molecular formula is C31H29ClN2O4. The van der Waals surface area contributed by atoms with E-state index in [4.69, 9.17) is 21.1 Å². The van der Waals surface area contributed by atoms with Gasteiger partial charge in [-0.3, -0.25) is 0 Å². The molecule has 0 unspecified atom stereocenters. The van der Waals surface area contributed by atoms with Crippen molar-refractivity contribution in [3.63, 3.8) is 0 Å². The highest BCUT2D eigenvalue weighted by Crippen LogP contribution is 2.36. The highest BCUT2D eigenvalue weighted by atomic mass is 35.5. The van der Waals surface area contributed by atoms with Crippen molar-refractivity contribution in [1.29, 1.82) is 0 Å². The number of halogens is 1. The van der Waals surface area contributed by atoms with Crippen molar-refractivity contribution in [2.24, 2.45) is 0 Å². The van der Waals surface area contributed by atoms with Crippen molar-refractivity contribution in [1.82, 2.24) is 9.55 Å². The van der Waals surface area contributed by atoms with Crippen LogP contribution >= 0.6 is 11.6 Å². The van der Waals surface area contributed by atoms with Crippen LogP contribution in [0.25, 0.3) is 22.0 Å². The summed E-state index contributed by atoms with van der Waals surface area (Å²) < 4.78 is 13.7. The molecule has 0 spiro atoms. The second-order valence-corrected chi connectivity index (χ2v) is 9.52. The molecule has 0 aliphatic rings. The number of aliphatic hydroxyl groups is 2. The first-order valence-corrected chi connectivity index (χ1v) is 12.7. The number of fused-ring (bicyclic) bond motifs is 1. The Morgan fingerprint density at radius 2 is 1.63 bits per heavy atom. The molecule has 3 aromatic carbocycles. The number of benzene rings is 3. The van der Waals surface area contributed by atoms with Gasteiger partial charge in [0.25, 0.3) is 0 Å². The number of aromatic nitrogens is 2. The summed E-state index contributed by atoms with van der Waals surface area (Å²) in [6.07, 6.45) is 2.11. The minimum atomic E-state index is -0.207. The van der Waals surface area contributed by atoms with E-state index in [1.165, 1.54) is 12.7 Å². The average Bonchev–Trinajstić information content (AvgIpc) is 3.36.